The van der Waals surface area contributed by atoms with Crippen molar-refractivity contribution in [3.63, 3.8) is 0 Å². The minimum Gasteiger partial charge on any atom is -0.380 e. The monoisotopic (exact) mass is 276 g/mol. The highest BCUT2D eigenvalue weighted by Gasteiger charge is 2.00. The Morgan fingerprint density at radius 1 is 1.25 bits per heavy atom. The summed E-state index contributed by atoms with van der Waals surface area (Å²) in [6, 6.07) is 10.1. The van der Waals surface area contributed by atoms with Gasteiger partial charge in [-0.1, -0.05) is 12.1 Å². The molecule has 1 N–H and O–H groups in total. The average Bonchev–Trinajstić information content (AvgIpc) is 2.30. The molecule has 82 valence electrons. The van der Waals surface area contributed by atoms with E-state index in [1.807, 2.05) is 36.7 Å². The predicted molar refractivity (Wildman–Crippen MR) is 70.4 cm³/mol. The summed E-state index contributed by atoms with van der Waals surface area (Å²) >= 11 is 3.51. The van der Waals surface area contributed by atoms with Crippen molar-refractivity contribution in [2.45, 2.75) is 13.5 Å². The van der Waals surface area contributed by atoms with Gasteiger partial charge in [-0.15, -0.1) is 0 Å². The molecule has 0 atom stereocenters. The molecule has 0 radical (unpaired) electrons. The second-order valence-electron chi connectivity index (χ2n) is 3.64. The van der Waals surface area contributed by atoms with Crippen LogP contribution >= 0.6 is 15.9 Å². The van der Waals surface area contributed by atoms with E-state index in [1.165, 1.54) is 11.1 Å². The quantitative estimate of drug-likeness (QED) is 0.923. The maximum absolute atomic E-state index is 4.13. The van der Waals surface area contributed by atoms with Crippen molar-refractivity contribution in [2.24, 2.45) is 0 Å². The lowest BCUT2D eigenvalue weighted by atomic mass is 10.1. The van der Waals surface area contributed by atoms with Crippen molar-refractivity contribution < 1.29 is 0 Å². The number of hydrogen-bond donors (Lipinski definition) is 1. The van der Waals surface area contributed by atoms with Crippen LogP contribution in [0.25, 0.3) is 0 Å². The lowest BCUT2D eigenvalue weighted by Gasteiger charge is -2.09. The Kier molecular flexibility index (Phi) is 3.57. The first-order valence-corrected chi connectivity index (χ1v) is 5.94. The van der Waals surface area contributed by atoms with Crippen molar-refractivity contribution in [3.8, 4) is 0 Å². The average molecular weight is 277 g/mol. The first kappa shape index (κ1) is 11.1. The van der Waals surface area contributed by atoms with Crippen LogP contribution in [0.2, 0.25) is 0 Å². The Labute approximate surface area is 104 Å². The summed E-state index contributed by atoms with van der Waals surface area (Å²) in [4.78, 5) is 4.13. The second kappa shape index (κ2) is 5.12. The van der Waals surface area contributed by atoms with E-state index in [4.69, 9.17) is 0 Å². The number of anilines is 1. The Balaban J connectivity index is 2.09. The van der Waals surface area contributed by atoms with E-state index in [2.05, 4.69) is 39.2 Å². The van der Waals surface area contributed by atoms with Crippen LogP contribution in [0.5, 0.6) is 0 Å². The fraction of sp³-hybridized carbons (Fsp3) is 0.154. The van der Waals surface area contributed by atoms with Gasteiger partial charge >= 0.3 is 0 Å². The van der Waals surface area contributed by atoms with Crippen LogP contribution < -0.4 is 5.32 Å². The molecule has 0 saturated carbocycles. The smallest absolute Gasteiger partial charge is 0.0487 e. The molecule has 1 aromatic heterocycles. The largest absolute Gasteiger partial charge is 0.380 e. The minimum atomic E-state index is 0.794. The summed E-state index contributed by atoms with van der Waals surface area (Å²) in [6.07, 6.45) is 3.72. The topological polar surface area (TPSA) is 24.9 Å². The fourth-order valence-electron chi connectivity index (χ4n) is 1.48. The zero-order valence-electron chi connectivity index (χ0n) is 9.07. The van der Waals surface area contributed by atoms with Crippen LogP contribution in [0.4, 0.5) is 5.69 Å². The molecule has 0 aliphatic heterocycles. The third-order valence-electron chi connectivity index (χ3n) is 2.49. The SMILES string of the molecule is Cc1ccncc1CNc1ccccc1Br. The molecule has 0 aliphatic carbocycles. The first-order chi connectivity index (χ1) is 7.77. The van der Waals surface area contributed by atoms with E-state index in [1.54, 1.807) is 0 Å². The predicted octanol–water partition coefficient (Wildman–Crippen LogP) is 3.76. The van der Waals surface area contributed by atoms with Crippen LogP contribution in [0.3, 0.4) is 0 Å². The molecular weight excluding hydrogens is 264 g/mol. The third-order valence-corrected chi connectivity index (χ3v) is 3.18. The standard InChI is InChI=1S/C13H13BrN2/c1-10-6-7-15-8-11(10)9-16-13-5-3-2-4-12(13)14/h2-8,16H,9H2,1H3. The molecule has 2 aromatic rings. The Bertz CT molecular complexity index is 437. The number of rotatable bonds is 3. The molecule has 0 unspecified atom stereocenters. The molecule has 0 saturated heterocycles. The molecule has 16 heavy (non-hydrogen) atoms. The van der Waals surface area contributed by atoms with Crippen LogP contribution in [0.1, 0.15) is 11.1 Å². The van der Waals surface area contributed by atoms with Gasteiger partial charge in [0.1, 0.15) is 0 Å². The van der Waals surface area contributed by atoms with Crippen LogP contribution in [-0.2, 0) is 6.54 Å². The fourth-order valence-corrected chi connectivity index (χ4v) is 1.90. The first-order valence-electron chi connectivity index (χ1n) is 5.15. The van der Waals surface area contributed by atoms with Crippen LogP contribution in [0, 0.1) is 6.92 Å². The maximum Gasteiger partial charge on any atom is 0.0487 e. The van der Waals surface area contributed by atoms with Gasteiger partial charge in [0, 0.05) is 29.1 Å². The lowest BCUT2D eigenvalue weighted by molar-refractivity contribution is 1.08. The van der Waals surface area contributed by atoms with E-state index >= 15 is 0 Å². The van der Waals surface area contributed by atoms with Crippen molar-refractivity contribution in [2.75, 3.05) is 5.32 Å². The Hall–Kier alpha value is -1.35. The van der Waals surface area contributed by atoms with Crippen LogP contribution in [0.15, 0.2) is 47.2 Å². The zero-order chi connectivity index (χ0) is 11.4. The summed E-state index contributed by atoms with van der Waals surface area (Å²) in [7, 11) is 0. The van der Waals surface area contributed by atoms with Crippen LogP contribution in [-0.4, -0.2) is 4.98 Å². The summed E-state index contributed by atoms with van der Waals surface area (Å²) < 4.78 is 1.08. The maximum atomic E-state index is 4.13. The summed E-state index contributed by atoms with van der Waals surface area (Å²) in [6.45, 7) is 2.89. The Morgan fingerprint density at radius 2 is 2.06 bits per heavy atom. The third kappa shape index (κ3) is 2.61. The molecule has 1 heterocycles. The number of aromatic nitrogens is 1. The number of para-hydroxylation sites is 1. The molecule has 2 nitrogen and oxygen atoms in total. The van der Waals surface area contributed by atoms with Gasteiger partial charge in [-0.25, -0.2) is 0 Å². The number of halogens is 1. The van der Waals surface area contributed by atoms with Gasteiger partial charge in [-0.3, -0.25) is 4.98 Å². The number of pyridine rings is 1. The highest BCUT2D eigenvalue weighted by Crippen LogP contribution is 2.22. The van der Waals surface area contributed by atoms with E-state index in [0.29, 0.717) is 0 Å². The molecule has 0 aliphatic rings. The summed E-state index contributed by atoms with van der Waals surface area (Å²) in [5.74, 6) is 0. The Morgan fingerprint density at radius 3 is 2.81 bits per heavy atom. The molecular formula is C13H13BrN2. The van der Waals surface area contributed by atoms with Crippen molar-refractivity contribution in [3.05, 3.63) is 58.3 Å². The number of nitrogens with zero attached hydrogens (tertiary/aromatic N) is 1. The van der Waals surface area contributed by atoms with Gasteiger partial charge in [-0.05, 0) is 52.2 Å². The van der Waals surface area contributed by atoms with Gasteiger partial charge in [0.25, 0.3) is 0 Å². The lowest BCUT2D eigenvalue weighted by Crippen LogP contribution is -2.02. The van der Waals surface area contributed by atoms with Gasteiger partial charge in [0.2, 0.25) is 0 Å². The van der Waals surface area contributed by atoms with E-state index in [0.717, 1.165) is 16.7 Å². The molecule has 0 bridgehead atoms. The number of hydrogen-bond acceptors (Lipinski definition) is 2. The van der Waals surface area contributed by atoms with E-state index in [-0.39, 0.29) is 0 Å². The number of aryl methyl sites for hydroxylation is 1. The molecule has 3 heteroatoms. The van der Waals surface area contributed by atoms with Crippen molar-refractivity contribution in [1.29, 1.82) is 0 Å². The molecule has 0 fully saturated rings. The zero-order valence-corrected chi connectivity index (χ0v) is 10.7. The molecule has 0 spiro atoms. The van der Waals surface area contributed by atoms with E-state index < -0.39 is 0 Å². The number of benzene rings is 1. The molecule has 2 rings (SSSR count). The summed E-state index contributed by atoms with van der Waals surface area (Å²) in [5, 5.41) is 3.38. The van der Waals surface area contributed by atoms with Crippen molar-refractivity contribution >= 4 is 21.6 Å². The van der Waals surface area contributed by atoms with Gasteiger partial charge in [0.15, 0.2) is 0 Å². The summed E-state index contributed by atoms with van der Waals surface area (Å²) in [5.41, 5.74) is 3.58. The van der Waals surface area contributed by atoms with E-state index in [9.17, 15) is 0 Å². The van der Waals surface area contributed by atoms with Crippen molar-refractivity contribution in [1.82, 2.24) is 4.98 Å². The minimum absolute atomic E-state index is 0.794. The van der Waals surface area contributed by atoms with Gasteiger partial charge in [-0.2, -0.15) is 0 Å². The highest BCUT2D eigenvalue weighted by molar-refractivity contribution is 9.10. The molecule has 1 aromatic carbocycles. The van der Waals surface area contributed by atoms with Gasteiger partial charge in [0.05, 0.1) is 0 Å². The second-order valence-corrected chi connectivity index (χ2v) is 4.49. The highest BCUT2D eigenvalue weighted by atomic mass is 79.9. The number of nitrogens with one attached hydrogen (secondary N) is 1. The van der Waals surface area contributed by atoms with Gasteiger partial charge < -0.3 is 5.32 Å². The molecule has 0 amide bonds. The normalized spacial score (nSPS) is 10.1.